The Balaban J connectivity index is 4.33. The normalized spacial score (nSPS) is 12.5. The molecule has 0 saturated heterocycles. The minimum Gasteiger partial charge on any atom is -0.462 e. The van der Waals surface area contributed by atoms with Crippen LogP contribution < -0.4 is 0 Å². The van der Waals surface area contributed by atoms with E-state index in [1.807, 2.05) is 0 Å². The largest absolute Gasteiger partial charge is 0.462 e. The number of ether oxygens (including phenoxy) is 3. The summed E-state index contributed by atoms with van der Waals surface area (Å²) in [5.41, 5.74) is 0. The molecule has 0 bridgehead atoms. The number of carbonyl (C=O) groups is 3. The van der Waals surface area contributed by atoms with Crippen LogP contribution in [0.1, 0.15) is 284 Å². The molecule has 0 heterocycles. The molecule has 0 unspecified atom stereocenters. The standard InChI is InChI=1S/C60H106O6/c1-4-7-10-13-16-19-22-25-27-28-29-30-31-32-34-36-39-41-44-47-50-53-59(62)65-56-57(66-60(63)54-51-48-45-42-37-24-21-18-15-12-9-6-3)55-64-58(61)52-49-46-43-40-38-35-33-26-23-20-17-14-11-8-5-2/h8,11,17,20,25-27,33,38,40,57H,4-7,9-10,12-16,18-19,21-24,28-32,34-37,39,41-56H2,1-3H3/b11-8-,20-17-,27-25-,33-26-,40-38-/t57-/m1/s1. The molecule has 0 N–H and O–H groups in total. The Bertz CT molecular complexity index is 1200. The van der Waals surface area contributed by atoms with Gasteiger partial charge in [0.15, 0.2) is 6.10 Å². The van der Waals surface area contributed by atoms with E-state index in [9.17, 15) is 14.4 Å². The number of allylic oxidation sites excluding steroid dienone is 10. The van der Waals surface area contributed by atoms with Crippen molar-refractivity contribution < 1.29 is 28.6 Å². The lowest BCUT2D eigenvalue weighted by atomic mass is 10.0. The zero-order chi connectivity index (χ0) is 47.9. The van der Waals surface area contributed by atoms with Crippen LogP contribution in [0.25, 0.3) is 0 Å². The first-order chi connectivity index (χ1) is 32.5. The van der Waals surface area contributed by atoms with Gasteiger partial charge in [-0.05, 0) is 83.5 Å². The third kappa shape index (κ3) is 52.1. The van der Waals surface area contributed by atoms with Crippen molar-refractivity contribution in [1.29, 1.82) is 0 Å². The molecule has 0 rings (SSSR count). The number of hydrogen-bond donors (Lipinski definition) is 0. The average Bonchev–Trinajstić information content (AvgIpc) is 3.31. The van der Waals surface area contributed by atoms with E-state index >= 15 is 0 Å². The molecule has 0 aliphatic heterocycles. The van der Waals surface area contributed by atoms with Gasteiger partial charge in [-0.1, -0.05) is 242 Å². The maximum atomic E-state index is 12.8. The highest BCUT2D eigenvalue weighted by Gasteiger charge is 2.19. The minimum absolute atomic E-state index is 0.0852. The lowest BCUT2D eigenvalue weighted by Crippen LogP contribution is -2.30. The van der Waals surface area contributed by atoms with Gasteiger partial charge in [-0.25, -0.2) is 0 Å². The zero-order valence-electron chi connectivity index (χ0n) is 43.7. The molecule has 0 spiro atoms. The van der Waals surface area contributed by atoms with Crippen LogP contribution in [0, 0.1) is 0 Å². The quantitative estimate of drug-likeness (QED) is 0.0262. The number of carbonyl (C=O) groups excluding carboxylic acids is 3. The van der Waals surface area contributed by atoms with E-state index in [0.717, 1.165) is 83.5 Å². The van der Waals surface area contributed by atoms with Crippen LogP contribution in [-0.2, 0) is 28.6 Å². The highest BCUT2D eigenvalue weighted by molar-refractivity contribution is 5.71. The molecule has 382 valence electrons. The molecular weight excluding hydrogens is 817 g/mol. The van der Waals surface area contributed by atoms with Crippen molar-refractivity contribution in [3.63, 3.8) is 0 Å². The second kappa shape index (κ2) is 54.7. The summed E-state index contributed by atoms with van der Waals surface area (Å²) >= 11 is 0. The smallest absolute Gasteiger partial charge is 0.306 e. The van der Waals surface area contributed by atoms with Crippen molar-refractivity contribution >= 4 is 17.9 Å². The molecule has 0 amide bonds. The SMILES string of the molecule is CC/C=C\C/C=C\C/C=C\C/C=C\CCCCC(=O)OC[C@H](COC(=O)CCCCCCCCCCCCC/C=C\CCCCCCCC)OC(=O)CCCCCCCCCCCCCC. The highest BCUT2D eigenvalue weighted by Crippen LogP contribution is 2.16. The molecule has 0 aliphatic carbocycles. The Hall–Kier alpha value is -2.89. The first-order valence-corrected chi connectivity index (χ1v) is 28.3. The summed E-state index contributed by atoms with van der Waals surface area (Å²) in [4.78, 5) is 38.1. The Morgan fingerprint density at radius 3 is 0.970 bits per heavy atom. The van der Waals surface area contributed by atoms with Crippen molar-refractivity contribution in [3.05, 3.63) is 60.8 Å². The van der Waals surface area contributed by atoms with E-state index in [1.54, 1.807) is 0 Å². The van der Waals surface area contributed by atoms with Gasteiger partial charge in [0.1, 0.15) is 13.2 Å². The maximum Gasteiger partial charge on any atom is 0.306 e. The van der Waals surface area contributed by atoms with Gasteiger partial charge in [0, 0.05) is 19.3 Å². The highest BCUT2D eigenvalue weighted by atomic mass is 16.6. The maximum absolute atomic E-state index is 12.8. The van der Waals surface area contributed by atoms with Gasteiger partial charge in [-0.3, -0.25) is 14.4 Å². The molecule has 0 aromatic carbocycles. The van der Waals surface area contributed by atoms with Crippen LogP contribution in [0.4, 0.5) is 0 Å². The summed E-state index contributed by atoms with van der Waals surface area (Å²) in [6, 6.07) is 0. The molecule has 6 heteroatoms. The molecule has 6 nitrogen and oxygen atoms in total. The molecule has 0 saturated carbocycles. The molecule has 0 aliphatic rings. The predicted octanol–water partition coefficient (Wildman–Crippen LogP) is 18.8. The van der Waals surface area contributed by atoms with Gasteiger partial charge in [-0.2, -0.15) is 0 Å². The third-order valence-corrected chi connectivity index (χ3v) is 12.3. The van der Waals surface area contributed by atoms with Gasteiger partial charge in [0.25, 0.3) is 0 Å². The summed E-state index contributed by atoms with van der Waals surface area (Å²) in [6.45, 7) is 6.50. The van der Waals surface area contributed by atoms with Gasteiger partial charge in [0.2, 0.25) is 0 Å². The lowest BCUT2D eigenvalue weighted by Gasteiger charge is -2.18. The average molecular weight is 924 g/mol. The summed E-state index contributed by atoms with van der Waals surface area (Å²) in [5, 5.41) is 0. The fourth-order valence-corrected chi connectivity index (χ4v) is 8.02. The van der Waals surface area contributed by atoms with Crippen molar-refractivity contribution in [1.82, 2.24) is 0 Å². The second-order valence-corrected chi connectivity index (χ2v) is 18.8. The Morgan fingerprint density at radius 1 is 0.318 bits per heavy atom. The molecule has 0 fully saturated rings. The second-order valence-electron chi connectivity index (χ2n) is 18.8. The van der Waals surface area contributed by atoms with E-state index < -0.39 is 6.10 Å². The molecular formula is C60H106O6. The van der Waals surface area contributed by atoms with Crippen LogP contribution in [-0.4, -0.2) is 37.2 Å². The topological polar surface area (TPSA) is 78.9 Å². The Morgan fingerprint density at radius 2 is 0.591 bits per heavy atom. The van der Waals surface area contributed by atoms with Crippen LogP contribution in [0.5, 0.6) is 0 Å². The third-order valence-electron chi connectivity index (χ3n) is 12.3. The van der Waals surface area contributed by atoms with E-state index in [1.165, 1.54) is 161 Å². The zero-order valence-corrected chi connectivity index (χ0v) is 43.7. The van der Waals surface area contributed by atoms with Crippen molar-refractivity contribution in [2.75, 3.05) is 13.2 Å². The van der Waals surface area contributed by atoms with E-state index in [2.05, 4.69) is 81.5 Å². The van der Waals surface area contributed by atoms with Gasteiger partial charge < -0.3 is 14.2 Å². The predicted molar refractivity (Wildman–Crippen MR) is 284 cm³/mol. The number of unbranched alkanes of at least 4 members (excludes halogenated alkanes) is 30. The Labute approximate surface area is 409 Å². The van der Waals surface area contributed by atoms with Crippen molar-refractivity contribution in [2.24, 2.45) is 0 Å². The van der Waals surface area contributed by atoms with Crippen LogP contribution in [0.3, 0.4) is 0 Å². The molecule has 0 aromatic rings. The van der Waals surface area contributed by atoms with Crippen LogP contribution in [0.15, 0.2) is 60.8 Å². The first-order valence-electron chi connectivity index (χ1n) is 28.3. The summed E-state index contributed by atoms with van der Waals surface area (Å²) in [5.74, 6) is -0.919. The monoisotopic (exact) mass is 923 g/mol. The van der Waals surface area contributed by atoms with Crippen LogP contribution in [0.2, 0.25) is 0 Å². The molecule has 1 atom stereocenters. The van der Waals surface area contributed by atoms with Crippen LogP contribution >= 0.6 is 0 Å². The lowest BCUT2D eigenvalue weighted by molar-refractivity contribution is -0.167. The van der Waals surface area contributed by atoms with Gasteiger partial charge >= 0.3 is 17.9 Å². The fraction of sp³-hybridized carbons (Fsp3) is 0.783. The Kier molecular flexibility index (Phi) is 52.3. The minimum atomic E-state index is -0.788. The summed E-state index contributed by atoms with van der Waals surface area (Å²) in [7, 11) is 0. The molecule has 0 radical (unpaired) electrons. The van der Waals surface area contributed by atoms with E-state index in [0.29, 0.717) is 19.3 Å². The van der Waals surface area contributed by atoms with Gasteiger partial charge in [0.05, 0.1) is 0 Å². The summed E-state index contributed by atoms with van der Waals surface area (Å²) < 4.78 is 16.8. The number of rotatable bonds is 51. The number of hydrogen-bond acceptors (Lipinski definition) is 6. The van der Waals surface area contributed by atoms with E-state index in [4.69, 9.17) is 14.2 Å². The summed E-state index contributed by atoms with van der Waals surface area (Å²) in [6.07, 6.45) is 67.9. The van der Waals surface area contributed by atoms with Crippen molar-refractivity contribution in [3.8, 4) is 0 Å². The van der Waals surface area contributed by atoms with E-state index in [-0.39, 0.29) is 31.1 Å². The number of esters is 3. The first kappa shape index (κ1) is 63.1. The molecule has 0 aromatic heterocycles. The van der Waals surface area contributed by atoms with Gasteiger partial charge in [-0.15, -0.1) is 0 Å². The van der Waals surface area contributed by atoms with Crippen molar-refractivity contribution in [2.45, 2.75) is 290 Å². The molecule has 66 heavy (non-hydrogen) atoms. The fourth-order valence-electron chi connectivity index (χ4n) is 8.02.